The lowest BCUT2D eigenvalue weighted by molar-refractivity contribution is -0.118. The molecule has 0 radical (unpaired) electrons. The molecule has 0 aliphatic carbocycles. The predicted molar refractivity (Wildman–Crippen MR) is 99.6 cm³/mol. The van der Waals surface area contributed by atoms with E-state index in [4.69, 9.17) is 27.9 Å². The van der Waals surface area contributed by atoms with E-state index in [2.05, 4.69) is 15.3 Å². The van der Waals surface area contributed by atoms with E-state index in [0.29, 0.717) is 20.9 Å². The van der Waals surface area contributed by atoms with Gasteiger partial charge in [-0.25, -0.2) is 9.97 Å². The Bertz CT molecular complexity index is 960. The van der Waals surface area contributed by atoms with Crippen LogP contribution < -0.4 is 10.1 Å². The molecule has 0 saturated carbocycles. The van der Waals surface area contributed by atoms with E-state index in [-0.39, 0.29) is 18.4 Å². The van der Waals surface area contributed by atoms with Crippen molar-refractivity contribution in [1.82, 2.24) is 9.97 Å². The lowest BCUT2D eigenvalue weighted by Gasteiger charge is -2.11. The number of rotatable bonds is 4. The Morgan fingerprint density at radius 3 is 2.76 bits per heavy atom. The summed E-state index contributed by atoms with van der Waals surface area (Å²) in [5.74, 6) is -0.0286. The fraction of sp³-hybridized carbons (Fsp3) is 0.167. The van der Waals surface area contributed by atoms with Crippen LogP contribution in [0.25, 0.3) is 10.9 Å². The normalized spacial score (nSPS) is 10.7. The molecule has 0 bridgehead atoms. The maximum absolute atomic E-state index is 12.2. The second kappa shape index (κ2) is 7.25. The number of nitrogens with one attached hydrogen (secondary N) is 1. The minimum Gasteiger partial charge on any atom is -0.467 e. The van der Waals surface area contributed by atoms with E-state index in [1.54, 1.807) is 12.1 Å². The number of benzene rings is 2. The van der Waals surface area contributed by atoms with Crippen molar-refractivity contribution in [2.45, 2.75) is 13.8 Å². The van der Waals surface area contributed by atoms with Crippen LogP contribution in [0.15, 0.2) is 36.7 Å². The van der Waals surface area contributed by atoms with Gasteiger partial charge in [0.15, 0.2) is 6.61 Å². The van der Waals surface area contributed by atoms with Crippen LogP contribution in [-0.2, 0) is 4.79 Å². The van der Waals surface area contributed by atoms with Crippen LogP contribution in [-0.4, -0.2) is 22.5 Å². The highest BCUT2D eigenvalue weighted by Gasteiger charge is 2.12. The molecule has 0 atom stereocenters. The first-order valence-corrected chi connectivity index (χ1v) is 8.29. The summed E-state index contributed by atoms with van der Waals surface area (Å²) >= 11 is 12.2. The largest absolute Gasteiger partial charge is 0.467 e. The lowest BCUT2D eigenvalue weighted by Crippen LogP contribution is -2.21. The number of nitrogens with zero attached hydrogens (tertiary/aromatic N) is 2. The summed E-state index contributed by atoms with van der Waals surface area (Å²) in [4.78, 5) is 20.4. The average molecular weight is 376 g/mol. The molecule has 1 heterocycles. The number of aryl methyl sites for hydroxylation is 2. The van der Waals surface area contributed by atoms with Crippen LogP contribution in [0.2, 0.25) is 10.0 Å². The van der Waals surface area contributed by atoms with E-state index < -0.39 is 0 Å². The molecular formula is C18H15Cl2N3O2. The molecule has 0 aliphatic heterocycles. The van der Waals surface area contributed by atoms with Gasteiger partial charge in [0.05, 0.1) is 15.9 Å². The molecule has 1 amide bonds. The topological polar surface area (TPSA) is 64.1 Å². The van der Waals surface area contributed by atoms with Crippen molar-refractivity contribution < 1.29 is 9.53 Å². The van der Waals surface area contributed by atoms with Crippen molar-refractivity contribution in [2.24, 2.45) is 0 Å². The SMILES string of the molecule is Cc1ccc(C)c(NC(=O)COc2ncnc3c(Cl)cc(Cl)cc23)c1. The molecular weight excluding hydrogens is 361 g/mol. The van der Waals surface area contributed by atoms with Crippen LogP contribution in [0.1, 0.15) is 11.1 Å². The Hall–Kier alpha value is -2.37. The predicted octanol–water partition coefficient (Wildman–Crippen LogP) is 4.57. The van der Waals surface area contributed by atoms with Crippen molar-refractivity contribution in [3.8, 4) is 5.88 Å². The molecule has 128 valence electrons. The molecule has 2 aromatic carbocycles. The second-order valence-electron chi connectivity index (χ2n) is 5.62. The number of hydrogen-bond donors (Lipinski definition) is 1. The van der Waals surface area contributed by atoms with E-state index >= 15 is 0 Å². The average Bonchev–Trinajstić information content (AvgIpc) is 2.56. The number of aromatic nitrogens is 2. The molecule has 0 aliphatic rings. The molecule has 0 unspecified atom stereocenters. The van der Waals surface area contributed by atoms with Gasteiger partial charge in [-0.05, 0) is 43.2 Å². The van der Waals surface area contributed by atoms with Crippen molar-refractivity contribution in [3.05, 3.63) is 57.8 Å². The maximum atomic E-state index is 12.2. The number of ether oxygens (including phenoxy) is 1. The van der Waals surface area contributed by atoms with Crippen LogP contribution in [0.5, 0.6) is 5.88 Å². The quantitative estimate of drug-likeness (QED) is 0.725. The molecule has 5 nitrogen and oxygen atoms in total. The number of carbonyl (C=O) groups is 1. The van der Waals surface area contributed by atoms with Crippen LogP contribution >= 0.6 is 23.2 Å². The number of amides is 1. The summed E-state index contributed by atoms with van der Waals surface area (Å²) in [6.45, 7) is 3.70. The van der Waals surface area contributed by atoms with Gasteiger partial charge in [0.25, 0.3) is 5.91 Å². The first-order valence-electron chi connectivity index (χ1n) is 7.53. The molecule has 1 N–H and O–H groups in total. The van der Waals surface area contributed by atoms with Gasteiger partial charge in [0.2, 0.25) is 5.88 Å². The van der Waals surface area contributed by atoms with Crippen LogP contribution in [0, 0.1) is 13.8 Å². The van der Waals surface area contributed by atoms with Crippen LogP contribution in [0.3, 0.4) is 0 Å². The van der Waals surface area contributed by atoms with E-state index in [1.165, 1.54) is 6.33 Å². The summed E-state index contributed by atoms with van der Waals surface area (Å²) in [6.07, 6.45) is 1.33. The van der Waals surface area contributed by atoms with E-state index in [1.807, 2.05) is 32.0 Å². The monoisotopic (exact) mass is 375 g/mol. The van der Waals surface area contributed by atoms with Gasteiger partial charge in [0, 0.05) is 10.7 Å². The van der Waals surface area contributed by atoms with E-state index in [0.717, 1.165) is 16.8 Å². The lowest BCUT2D eigenvalue weighted by atomic mass is 10.1. The first-order chi connectivity index (χ1) is 11.9. The van der Waals surface area contributed by atoms with Gasteiger partial charge in [-0.1, -0.05) is 35.3 Å². The standard InChI is InChI=1S/C18H15Cl2N3O2/c1-10-3-4-11(2)15(5-10)23-16(24)8-25-18-13-6-12(19)7-14(20)17(13)21-9-22-18/h3-7,9H,8H2,1-2H3,(H,23,24). The summed E-state index contributed by atoms with van der Waals surface area (Å²) in [6, 6.07) is 9.10. The Morgan fingerprint density at radius 1 is 1.16 bits per heavy atom. The number of hydrogen-bond acceptors (Lipinski definition) is 4. The second-order valence-corrected chi connectivity index (χ2v) is 6.46. The molecule has 0 saturated heterocycles. The van der Waals surface area contributed by atoms with Gasteiger partial charge in [0.1, 0.15) is 6.33 Å². The Labute approximate surface area is 155 Å². The highest BCUT2D eigenvalue weighted by atomic mass is 35.5. The van der Waals surface area contributed by atoms with Gasteiger partial charge in [-0.2, -0.15) is 0 Å². The first kappa shape index (κ1) is 17.5. The summed E-state index contributed by atoms with van der Waals surface area (Å²) in [5.41, 5.74) is 3.32. The Balaban J connectivity index is 1.76. The molecule has 0 fully saturated rings. The minimum atomic E-state index is -0.284. The smallest absolute Gasteiger partial charge is 0.262 e. The zero-order valence-electron chi connectivity index (χ0n) is 13.6. The number of anilines is 1. The van der Waals surface area contributed by atoms with Gasteiger partial charge in [-0.15, -0.1) is 0 Å². The minimum absolute atomic E-state index is 0.191. The third kappa shape index (κ3) is 4.00. The molecule has 0 spiro atoms. The van der Waals surface area contributed by atoms with Crippen molar-refractivity contribution in [3.63, 3.8) is 0 Å². The number of halogens is 2. The fourth-order valence-corrected chi connectivity index (χ4v) is 2.92. The van der Waals surface area contributed by atoms with Crippen molar-refractivity contribution >= 4 is 45.7 Å². The van der Waals surface area contributed by atoms with Gasteiger partial charge < -0.3 is 10.1 Å². The van der Waals surface area contributed by atoms with E-state index in [9.17, 15) is 4.79 Å². The van der Waals surface area contributed by atoms with Crippen molar-refractivity contribution in [2.75, 3.05) is 11.9 Å². The van der Waals surface area contributed by atoms with Gasteiger partial charge >= 0.3 is 0 Å². The third-order valence-corrected chi connectivity index (χ3v) is 4.13. The third-order valence-electron chi connectivity index (χ3n) is 3.63. The number of fused-ring (bicyclic) bond motifs is 1. The number of carbonyl (C=O) groups excluding carboxylic acids is 1. The Morgan fingerprint density at radius 2 is 1.96 bits per heavy atom. The molecule has 25 heavy (non-hydrogen) atoms. The summed E-state index contributed by atoms with van der Waals surface area (Å²) in [7, 11) is 0. The molecule has 3 aromatic rings. The molecule has 3 rings (SSSR count). The Kier molecular flexibility index (Phi) is 5.06. The zero-order valence-corrected chi connectivity index (χ0v) is 15.1. The maximum Gasteiger partial charge on any atom is 0.262 e. The zero-order chi connectivity index (χ0) is 18.0. The van der Waals surface area contributed by atoms with Crippen molar-refractivity contribution in [1.29, 1.82) is 0 Å². The van der Waals surface area contributed by atoms with Gasteiger partial charge in [-0.3, -0.25) is 4.79 Å². The molecule has 7 heteroatoms. The molecule has 1 aromatic heterocycles. The van der Waals surface area contributed by atoms with Crippen LogP contribution in [0.4, 0.5) is 5.69 Å². The highest BCUT2D eigenvalue weighted by Crippen LogP contribution is 2.30. The fourth-order valence-electron chi connectivity index (χ4n) is 2.37. The highest BCUT2D eigenvalue weighted by molar-refractivity contribution is 6.38. The summed E-state index contributed by atoms with van der Waals surface area (Å²) < 4.78 is 5.55. The summed E-state index contributed by atoms with van der Waals surface area (Å²) in [5, 5.41) is 4.23.